The minimum Gasteiger partial charge on any atom is -0.310 e. The van der Waals surface area contributed by atoms with Gasteiger partial charge in [-0.3, -0.25) is 0 Å². The van der Waals surface area contributed by atoms with Crippen molar-refractivity contribution in [2.75, 3.05) is 0 Å². The van der Waals surface area contributed by atoms with E-state index in [-0.39, 0.29) is 5.02 Å². The lowest BCUT2D eigenvalue weighted by atomic mass is 10.0. The van der Waals surface area contributed by atoms with Crippen molar-refractivity contribution in [2.24, 2.45) is 0 Å². The van der Waals surface area contributed by atoms with Gasteiger partial charge >= 0.3 is 0 Å². The second kappa shape index (κ2) is 5.72. The number of halogens is 3. The van der Waals surface area contributed by atoms with Crippen LogP contribution in [0.15, 0.2) is 36.4 Å². The van der Waals surface area contributed by atoms with Crippen LogP contribution in [0.5, 0.6) is 0 Å². The summed E-state index contributed by atoms with van der Waals surface area (Å²) in [4.78, 5) is 0. The minimum atomic E-state index is -0.410. The van der Waals surface area contributed by atoms with E-state index in [1.807, 2.05) is 18.2 Å². The van der Waals surface area contributed by atoms with E-state index in [2.05, 4.69) is 5.32 Å². The zero-order valence-electron chi connectivity index (χ0n) is 10.8. The first-order chi connectivity index (χ1) is 9.63. The van der Waals surface area contributed by atoms with Gasteiger partial charge in [0.25, 0.3) is 0 Å². The quantitative estimate of drug-likeness (QED) is 0.833. The predicted octanol–water partition coefficient (Wildman–Crippen LogP) is 5.05. The van der Waals surface area contributed by atoms with Gasteiger partial charge in [-0.25, -0.2) is 4.39 Å². The maximum absolute atomic E-state index is 13.2. The van der Waals surface area contributed by atoms with Crippen molar-refractivity contribution in [1.82, 2.24) is 5.32 Å². The first kappa shape index (κ1) is 13.9. The van der Waals surface area contributed by atoms with Crippen LogP contribution in [0.2, 0.25) is 10.0 Å². The van der Waals surface area contributed by atoms with Crippen LogP contribution < -0.4 is 5.32 Å². The van der Waals surface area contributed by atoms with Gasteiger partial charge in [0, 0.05) is 17.6 Å². The Kier molecular flexibility index (Phi) is 3.97. The molecule has 0 heterocycles. The van der Waals surface area contributed by atoms with E-state index >= 15 is 0 Å². The molecule has 0 bridgehead atoms. The molecule has 0 unspecified atom stereocenters. The average Bonchev–Trinajstić information content (AvgIpc) is 3.24. The Morgan fingerprint density at radius 1 is 1.00 bits per heavy atom. The second-order valence-corrected chi connectivity index (χ2v) is 5.90. The van der Waals surface area contributed by atoms with E-state index < -0.39 is 5.82 Å². The Morgan fingerprint density at radius 2 is 1.65 bits per heavy atom. The van der Waals surface area contributed by atoms with Gasteiger partial charge in [-0.15, -0.1) is 0 Å². The Bertz CT molecular complexity index is 638. The topological polar surface area (TPSA) is 12.0 Å². The summed E-state index contributed by atoms with van der Waals surface area (Å²) in [6, 6.07) is 11.2. The second-order valence-electron chi connectivity index (χ2n) is 5.09. The van der Waals surface area contributed by atoms with E-state index in [9.17, 15) is 4.39 Å². The monoisotopic (exact) mass is 309 g/mol. The maximum Gasteiger partial charge on any atom is 0.141 e. The molecule has 3 rings (SSSR count). The molecule has 1 N–H and O–H groups in total. The highest BCUT2D eigenvalue weighted by Crippen LogP contribution is 2.29. The number of hydrogen-bond donors (Lipinski definition) is 1. The zero-order chi connectivity index (χ0) is 14.1. The van der Waals surface area contributed by atoms with E-state index in [0.717, 1.165) is 28.3 Å². The van der Waals surface area contributed by atoms with Crippen molar-refractivity contribution >= 4 is 23.2 Å². The molecule has 4 heteroatoms. The fourth-order valence-electron chi connectivity index (χ4n) is 2.09. The maximum atomic E-state index is 13.2. The Morgan fingerprint density at radius 3 is 2.25 bits per heavy atom. The lowest BCUT2D eigenvalue weighted by molar-refractivity contribution is 0.628. The van der Waals surface area contributed by atoms with Crippen LogP contribution in [-0.2, 0) is 6.54 Å². The Labute approximate surface area is 127 Å². The minimum absolute atomic E-state index is 0.123. The summed E-state index contributed by atoms with van der Waals surface area (Å²) in [5.41, 5.74) is 2.88. The number of hydrogen-bond acceptors (Lipinski definition) is 1. The zero-order valence-corrected chi connectivity index (χ0v) is 12.3. The lowest BCUT2D eigenvalue weighted by Crippen LogP contribution is -2.15. The SMILES string of the molecule is Fc1ccc(-c2ccc(CNC3CC3)c(Cl)c2)cc1Cl. The number of nitrogens with one attached hydrogen (secondary N) is 1. The van der Waals surface area contributed by atoms with E-state index in [1.54, 1.807) is 12.1 Å². The van der Waals surface area contributed by atoms with Gasteiger partial charge in [-0.1, -0.05) is 41.4 Å². The first-order valence-corrected chi connectivity index (χ1v) is 7.36. The molecular weight excluding hydrogens is 296 g/mol. The summed E-state index contributed by atoms with van der Waals surface area (Å²) in [6.07, 6.45) is 2.51. The lowest BCUT2D eigenvalue weighted by Gasteiger charge is -2.09. The number of rotatable bonds is 4. The van der Waals surface area contributed by atoms with Gasteiger partial charge in [0.1, 0.15) is 5.82 Å². The molecule has 0 aromatic heterocycles. The average molecular weight is 310 g/mol. The van der Waals surface area contributed by atoms with Crippen LogP contribution in [0.4, 0.5) is 4.39 Å². The van der Waals surface area contributed by atoms with Crippen molar-refractivity contribution < 1.29 is 4.39 Å². The van der Waals surface area contributed by atoms with E-state index in [0.29, 0.717) is 6.04 Å². The van der Waals surface area contributed by atoms with Gasteiger partial charge in [-0.05, 0) is 47.7 Å². The smallest absolute Gasteiger partial charge is 0.141 e. The van der Waals surface area contributed by atoms with Crippen molar-refractivity contribution in [3.05, 3.63) is 57.8 Å². The van der Waals surface area contributed by atoms with Gasteiger partial charge in [-0.2, -0.15) is 0 Å². The van der Waals surface area contributed by atoms with E-state index in [4.69, 9.17) is 23.2 Å². The molecule has 1 nitrogen and oxygen atoms in total. The summed E-state index contributed by atoms with van der Waals surface area (Å²) in [6.45, 7) is 0.786. The Hall–Kier alpha value is -1.09. The van der Waals surface area contributed by atoms with Crippen LogP contribution in [0.1, 0.15) is 18.4 Å². The molecular formula is C16H14Cl2FN. The molecule has 0 spiro atoms. The first-order valence-electron chi connectivity index (χ1n) is 6.61. The van der Waals surface area contributed by atoms with Crippen LogP contribution in [0.3, 0.4) is 0 Å². The predicted molar refractivity (Wildman–Crippen MR) is 81.7 cm³/mol. The fraction of sp³-hybridized carbons (Fsp3) is 0.250. The summed E-state index contributed by atoms with van der Waals surface area (Å²) in [7, 11) is 0. The van der Waals surface area contributed by atoms with Crippen LogP contribution in [-0.4, -0.2) is 6.04 Å². The van der Waals surface area contributed by atoms with Gasteiger partial charge in [0.2, 0.25) is 0 Å². The summed E-state index contributed by atoms with van der Waals surface area (Å²) in [5, 5.41) is 4.28. The normalized spacial score (nSPS) is 14.6. The summed E-state index contributed by atoms with van der Waals surface area (Å²) in [5.74, 6) is -0.410. The van der Waals surface area contributed by atoms with Crippen molar-refractivity contribution in [3.63, 3.8) is 0 Å². The Balaban J connectivity index is 1.82. The largest absolute Gasteiger partial charge is 0.310 e. The highest BCUT2D eigenvalue weighted by atomic mass is 35.5. The molecule has 2 aromatic rings. The molecule has 0 aliphatic heterocycles. The fourth-order valence-corrected chi connectivity index (χ4v) is 2.52. The van der Waals surface area contributed by atoms with Crippen molar-refractivity contribution in [3.8, 4) is 11.1 Å². The third-order valence-corrected chi connectivity index (χ3v) is 4.11. The molecule has 0 radical (unpaired) electrons. The van der Waals surface area contributed by atoms with Crippen LogP contribution in [0.25, 0.3) is 11.1 Å². The van der Waals surface area contributed by atoms with Crippen LogP contribution >= 0.6 is 23.2 Å². The molecule has 1 saturated carbocycles. The third-order valence-electron chi connectivity index (χ3n) is 3.46. The van der Waals surface area contributed by atoms with Gasteiger partial charge in [0.05, 0.1) is 5.02 Å². The summed E-state index contributed by atoms with van der Waals surface area (Å²) < 4.78 is 13.2. The molecule has 1 aliphatic carbocycles. The number of benzene rings is 2. The molecule has 0 amide bonds. The standard InChI is InChI=1S/C16H14Cl2FN/c17-14-7-10(11-3-6-16(19)15(18)8-11)1-2-12(14)9-20-13-4-5-13/h1-3,6-8,13,20H,4-5,9H2. The molecule has 1 fully saturated rings. The third kappa shape index (κ3) is 3.14. The van der Waals surface area contributed by atoms with Gasteiger partial charge in [0.15, 0.2) is 0 Å². The van der Waals surface area contributed by atoms with E-state index in [1.165, 1.54) is 18.9 Å². The van der Waals surface area contributed by atoms with Gasteiger partial charge < -0.3 is 5.32 Å². The molecule has 104 valence electrons. The van der Waals surface area contributed by atoms with Crippen LogP contribution in [0, 0.1) is 5.82 Å². The molecule has 0 saturated heterocycles. The molecule has 0 atom stereocenters. The molecule has 1 aliphatic rings. The molecule has 2 aromatic carbocycles. The summed E-state index contributed by atoms with van der Waals surface area (Å²) >= 11 is 12.1. The highest BCUT2D eigenvalue weighted by molar-refractivity contribution is 6.32. The molecule has 20 heavy (non-hydrogen) atoms. The van der Waals surface area contributed by atoms with Crippen molar-refractivity contribution in [2.45, 2.75) is 25.4 Å². The van der Waals surface area contributed by atoms with Crippen molar-refractivity contribution in [1.29, 1.82) is 0 Å². The highest BCUT2D eigenvalue weighted by Gasteiger charge is 2.20.